The third-order valence-corrected chi connectivity index (χ3v) is 23.0. The number of hydrogen-bond acceptors (Lipinski definition) is 18. The van der Waals surface area contributed by atoms with E-state index in [1.807, 2.05) is 128 Å². The minimum Gasteiger partial charge on any atom is -0.445 e. The second kappa shape index (κ2) is 46.9. The summed E-state index contributed by atoms with van der Waals surface area (Å²) in [5.41, 5.74) is 36.7. The fourth-order valence-corrected chi connectivity index (χ4v) is 17.5. The number of nitrogens with zero attached hydrogens (tertiary/aromatic N) is 6. The standard InChI is InChI=1S/C18H19NO2.2C17H17NO2.3C17H16NO2.C2H6.3Y/c1-12-8-9-16-10-15-6-4-5-7-17(15)19(14(3)21-11-20)18(16)13(12)2;4*1-12-6-5-8-15-10-14-7-3-4-9-16(14)18(17(12)15)13(2)20-11-19;1-12-7-8-15-10-14-5-3-4-6-16(14)18(17(15)9-12)13(2)20-11-19;1-2;;;/h4-9,11,14H,10H2,1-3H3;2*3-9,11,13H,10H2,1-2H3;3,5-9,11,13H,10H2,1-2H3;3-8,11,13H,10H2,1-2H3;3,5-9,11,13H,10H2,1-2H3;1-2H3;;;/q;;;3*-1;;;;. The second-order valence-electron chi connectivity index (χ2n) is 30.8. The average molecular weight is 1910 g/mol. The number of hydrogen-bond donors (Lipinski definition) is 0. The summed E-state index contributed by atoms with van der Waals surface area (Å²) in [4.78, 5) is 76.9. The first-order valence-electron chi connectivity index (χ1n) is 41.8. The fourth-order valence-electron chi connectivity index (χ4n) is 17.5. The number of para-hydroxylation sites is 8. The number of rotatable bonds is 18. The molecule has 0 bridgehead atoms. The Labute approximate surface area is 817 Å². The predicted octanol–water partition coefficient (Wildman–Crippen LogP) is 22.1. The zero-order valence-corrected chi connectivity index (χ0v) is 82.9. The van der Waals surface area contributed by atoms with E-state index in [0.717, 1.165) is 101 Å². The number of carbonyl (C=O) groups excluding carboxylic acids is 6. The normalized spacial score (nSPS) is 13.7. The maximum Gasteiger partial charge on any atom is 0.295 e. The zero-order chi connectivity index (χ0) is 87.5. The Balaban J connectivity index is 0.000000169. The molecule has 0 aromatic heterocycles. The number of ether oxygens (including phenoxy) is 6. The molecule has 126 heavy (non-hydrogen) atoms. The second-order valence-corrected chi connectivity index (χ2v) is 30.8. The topological polar surface area (TPSA) is 177 Å². The van der Waals surface area contributed by atoms with Crippen LogP contribution in [0.15, 0.2) is 231 Å². The van der Waals surface area contributed by atoms with Crippen LogP contribution >= 0.6 is 0 Å². The molecule has 0 amide bonds. The van der Waals surface area contributed by atoms with Crippen LogP contribution in [0, 0.1) is 66.7 Å². The van der Waals surface area contributed by atoms with Crippen LogP contribution in [0.4, 0.5) is 68.2 Å². The molecule has 0 aliphatic carbocycles. The van der Waals surface area contributed by atoms with E-state index in [-0.39, 0.29) is 135 Å². The van der Waals surface area contributed by atoms with E-state index < -0.39 is 0 Å². The minimum absolute atomic E-state index is 0. The molecule has 6 unspecified atom stereocenters. The van der Waals surface area contributed by atoms with Crippen LogP contribution in [0.2, 0.25) is 0 Å². The maximum absolute atomic E-state index is 10.8. The summed E-state index contributed by atoms with van der Waals surface area (Å²) in [6.45, 7) is 33.0. The van der Waals surface area contributed by atoms with Crippen molar-refractivity contribution in [3.05, 3.63) is 354 Å². The van der Waals surface area contributed by atoms with Crippen molar-refractivity contribution >= 4 is 107 Å². The smallest absolute Gasteiger partial charge is 0.295 e. The Kier molecular flexibility index (Phi) is 37.0. The fraction of sp³-hybridized carbons (Fsp3) is 0.257. The van der Waals surface area contributed by atoms with Crippen LogP contribution < -0.4 is 29.4 Å². The van der Waals surface area contributed by atoms with Crippen LogP contribution in [-0.2, 0) is 194 Å². The Morgan fingerprint density at radius 1 is 0.270 bits per heavy atom. The first-order chi connectivity index (χ1) is 59.7. The molecule has 0 saturated carbocycles. The van der Waals surface area contributed by atoms with Gasteiger partial charge in [-0.3, -0.25) is 28.8 Å². The van der Waals surface area contributed by atoms with Crippen molar-refractivity contribution in [2.24, 2.45) is 0 Å². The first kappa shape index (κ1) is 99.4. The van der Waals surface area contributed by atoms with Crippen LogP contribution in [0.3, 0.4) is 0 Å². The van der Waals surface area contributed by atoms with Crippen molar-refractivity contribution < 1.29 is 155 Å². The van der Waals surface area contributed by atoms with Crippen molar-refractivity contribution in [2.45, 2.75) is 180 Å². The summed E-state index contributed by atoms with van der Waals surface area (Å²) in [5.74, 6) is 0. The molecule has 0 spiro atoms. The van der Waals surface area contributed by atoms with Crippen LogP contribution in [0.25, 0.3) is 0 Å². The van der Waals surface area contributed by atoms with Gasteiger partial charge in [0.2, 0.25) is 0 Å². The van der Waals surface area contributed by atoms with E-state index in [1.54, 1.807) is 0 Å². The van der Waals surface area contributed by atoms with Gasteiger partial charge >= 0.3 is 0 Å². The maximum atomic E-state index is 10.8. The van der Waals surface area contributed by atoms with E-state index in [0.29, 0.717) is 38.8 Å². The summed E-state index contributed by atoms with van der Waals surface area (Å²) >= 11 is 0. The number of fused-ring (bicyclic) bond motifs is 12. The number of aryl methyl sites for hydroxylation is 6. The van der Waals surface area contributed by atoms with Crippen molar-refractivity contribution in [1.29, 1.82) is 0 Å². The van der Waals surface area contributed by atoms with E-state index in [2.05, 4.69) is 254 Å². The summed E-state index contributed by atoms with van der Waals surface area (Å²) < 4.78 is 31.1. The van der Waals surface area contributed by atoms with Gasteiger partial charge in [0, 0.05) is 152 Å². The third kappa shape index (κ3) is 22.0. The monoisotopic (exact) mass is 1910 g/mol. The van der Waals surface area contributed by atoms with Gasteiger partial charge in [0.05, 0.1) is 17.1 Å². The Morgan fingerprint density at radius 3 is 0.952 bits per heavy atom. The first-order valence-corrected chi connectivity index (χ1v) is 41.8. The van der Waals surface area contributed by atoms with Gasteiger partial charge in [-0.25, -0.2) is 0 Å². The molecule has 21 heteroatoms. The Morgan fingerprint density at radius 2 is 0.556 bits per heavy atom. The van der Waals surface area contributed by atoms with Gasteiger partial charge < -0.3 is 57.8 Å². The van der Waals surface area contributed by atoms with E-state index >= 15 is 0 Å². The third-order valence-electron chi connectivity index (χ3n) is 23.0. The molecule has 18 rings (SSSR count). The number of carbonyl (C=O) groups is 6. The number of anilines is 12. The van der Waals surface area contributed by atoms with Crippen molar-refractivity contribution in [3.8, 4) is 0 Å². The summed E-state index contributed by atoms with van der Waals surface area (Å²) in [6.07, 6.45) is 3.39. The van der Waals surface area contributed by atoms with Gasteiger partial charge in [0.15, 0.2) is 37.4 Å². The molecule has 641 valence electrons. The zero-order valence-electron chi connectivity index (χ0n) is 74.4. The van der Waals surface area contributed by atoms with Gasteiger partial charge in [-0.05, 0) is 223 Å². The number of benzene rings is 12. The SMILES string of the molecule is CC.Cc1ccc2c(c1)N(C(C)OC=O)c1c[c-]ccc1C2.Cc1ccc2c(c1C)N(C(C)OC=O)c1ccccc1C2.Cc1cccc2c1N(C(C)OC=O)c1[c-]cccc1C2.Cc1cccc2c1N(C(C)OC=O)c1c[c-]ccc1C2.Cc1cccc2c1N(C(C)OC=O)c1ccccc1C2.Cc1cccc2c1N(C(C)OC=O)c1ccccc1C2.[Y].[Y].[Y]. The predicted molar refractivity (Wildman–Crippen MR) is 488 cm³/mol. The molecule has 6 aliphatic rings. The van der Waals surface area contributed by atoms with Gasteiger partial charge in [0.1, 0.15) is 0 Å². The molecule has 0 saturated heterocycles. The van der Waals surface area contributed by atoms with Crippen LogP contribution in [-0.4, -0.2) is 76.2 Å². The summed E-state index contributed by atoms with van der Waals surface area (Å²) in [7, 11) is 0. The molecular weight excluding hydrogens is 1800 g/mol. The van der Waals surface area contributed by atoms with Crippen molar-refractivity contribution in [3.63, 3.8) is 0 Å². The largest absolute Gasteiger partial charge is 0.445 e. The summed E-state index contributed by atoms with van der Waals surface area (Å²) in [6, 6.07) is 88.1. The van der Waals surface area contributed by atoms with E-state index in [1.165, 1.54) is 111 Å². The summed E-state index contributed by atoms with van der Waals surface area (Å²) in [5, 5.41) is 0. The van der Waals surface area contributed by atoms with Crippen LogP contribution in [0.5, 0.6) is 0 Å². The molecule has 6 atom stereocenters. The van der Waals surface area contributed by atoms with Gasteiger partial charge in [-0.15, -0.1) is 16.7 Å². The molecule has 3 radical (unpaired) electrons. The quantitative estimate of drug-likeness (QED) is 0.0450. The van der Waals surface area contributed by atoms with Gasteiger partial charge in [-0.1, -0.05) is 183 Å². The minimum atomic E-state index is -0.356. The van der Waals surface area contributed by atoms with E-state index in [4.69, 9.17) is 28.4 Å². The Hall–Kier alpha value is -10.4. The molecule has 6 heterocycles. The molecular formula is C105H107N6O12Y3-3. The molecule has 0 N–H and O–H groups in total. The molecule has 6 aliphatic heterocycles. The average Bonchev–Trinajstić information content (AvgIpc) is 0.811. The molecule has 12 aromatic carbocycles. The van der Waals surface area contributed by atoms with Crippen molar-refractivity contribution in [2.75, 3.05) is 29.4 Å². The molecule has 12 aromatic rings. The Bertz CT molecular complexity index is 5310. The molecule has 18 nitrogen and oxygen atoms in total. The van der Waals surface area contributed by atoms with Crippen LogP contribution in [0.1, 0.15) is 161 Å². The van der Waals surface area contributed by atoms with Crippen molar-refractivity contribution in [1.82, 2.24) is 0 Å². The van der Waals surface area contributed by atoms with Gasteiger partial charge in [0.25, 0.3) is 38.8 Å². The van der Waals surface area contributed by atoms with Gasteiger partial charge in [-0.2, -0.15) is 72.8 Å². The van der Waals surface area contributed by atoms with E-state index in [9.17, 15) is 28.8 Å². The molecule has 0 fully saturated rings.